The van der Waals surface area contributed by atoms with E-state index in [1.165, 1.54) is 9.44 Å². The van der Waals surface area contributed by atoms with Crippen LogP contribution in [-0.2, 0) is 19.5 Å². The van der Waals surface area contributed by atoms with Gasteiger partial charge in [0.15, 0.2) is 11.2 Å². The molecule has 0 saturated heterocycles. The van der Waals surface area contributed by atoms with Crippen LogP contribution in [0.2, 0.25) is 5.28 Å². The number of nitrogens with one attached hydrogen (secondary N) is 1. The SMILES string of the molecule is CCCCn1c(=O)n(CCCc2scnc2C)c(=O)c2[nH]c(Cl)nc21. The van der Waals surface area contributed by atoms with Gasteiger partial charge in [0.1, 0.15) is 0 Å². The minimum atomic E-state index is -0.367. The van der Waals surface area contributed by atoms with Gasteiger partial charge < -0.3 is 4.98 Å². The Labute approximate surface area is 153 Å². The maximum Gasteiger partial charge on any atom is 0.332 e. The van der Waals surface area contributed by atoms with Crippen molar-refractivity contribution in [3.8, 4) is 0 Å². The summed E-state index contributed by atoms with van der Waals surface area (Å²) < 4.78 is 2.82. The number of nitrogens with zero attached hydrogens (tertiary/aromatic N) is 4. The molecule has 0 radical (unpaired) electrons. The average molecular weight is 382 g/mol. The summed E-state index contributed by atoms with van der Waals surface area (Å²) in [4.78, 5) is 37.8. The lowest BCUT2D eigenvalue weighted by atomic mass is 10.2. The predicted octanol–water partition coefficient (Wildman–Crippen LogP) is 2.74. The zero-order valence-corrected chi connectivity index (χ0v) is 15.8. The van der Waals surface area contributed by atoms with Crippen molar-refractivity contribution in [2.24, 2.45) is 0 Å². The van der Waals surface area contributed by atoms with Crippen molar-refractivity contribution in [1.82, 2.24) is 24.1 Å². The average Bonchev–Trinajstić information content (AvgIpc) is 3.16. The molecule has 3 heterocycles. The van der Waals surface area contributed by atoms with E-state index in [0.29, 0.717) is 25.2 Å². The van der Waals surface area contributed by atoms with E-state index in [1.54, 1.807) is 15.9 Å². The van der Waals surface area contributed by atoms with E-state index in [1.807, 2.05) is 19.4 Å². The minimum absolute atomic E-state index is 0.120. The first-order valence-electron chi connectivity index (χ1n) is 8.30. The van der Waals surface area contributed by atoms with Crippen LogP contribution in [-0.4, -0.2) is 24.1 Å². The second kappa shape index (κ2) is 7.53. The van der Waals surface area contributed by atoms with Crippen molar-refractivity contribution < 1.29 is 0 Å². The van der Waals surface area contributed by atoms with Crippen molar-refractivity contribution in [2.75, 3.05) is 0 Å². The molecular formula is C16H20ClN5O2S. The Bertz CT molecular complexity index is 1000. The number of H-pyrrole nitrogens is 1. The minimum Gasteiger partial charge on any atom is -0.323 e. The zero-order chi connectivity index (χ0) is 18.0. The number of aromatic nitrogens is 5. The topological polar surface area (TPSA) is 85.6 Å². The number of hydrogen-bond acceptors (Lipinski definition) is 5. The van der Waals surface area contributed by atoms with Gasteiger partial charge in [-0.2, -0.15) is 4.98 Å². The Balaban J connectivity index is 1.95. The summed E-state index contributed by atoms with van der Waals surface area (Å²) in [5.41, 5.74) is 2.75. The predicted molar refractivity (Wildman–Crippen MR) is 99.7 cm³/mol. The molecule has 0 bridgehead atoms. The third-order valence-corrected chi connectivity index (χ3v) is 5.37. The molecule has 0 atom stereocenters. The summed E-state index contributed by atoms with van der Waals surface area (Å²) in [5.74, 6) is 0. The fourth-order valence-corrected chi connectivity index (χ4v) is 3.82. The number of unbranched alkanes of at least 4 members (excludes halogenated alkanes) is 1. The van der Waals surface area contributed by atoms with Gasteiger partial charge >= 0.3 is 5.69 Å². The van der Waals surface area contributed by atoms with Crippen LogP contribution >= 0.6 is 22.9 Å². The molecule has 0 amide bonds. The first kappa shape index (κ1) is 17.9. The molecule has 1 N–H and O–H groups in total. The van der Waals surface area contributed by atoms with Gasteiger partial charge in [-0.3, -0.25) is 13.9 Å². The van der Waals surface area contributed by atoms with Crippen LogP contribution in [0.4, 0.5) is 0 Å². The number of aryl methyl sites for hydroxylation is 3. The number of halogens is 1. The van der Waals surface area contributed by atoms with Crippen LogP contribution in [0.25, 0.3) is 11.2 Å². The molecule has 9 heteroatoms. The standard InChI is InChI=1S/C16H20ClN5O2S/c1-3-4-7-21-13-12(19-15(17)20-13)14(23)22(16(21)24)8-5-6-11-10(2)18-9-25-11/h9H,3-8H2,1-2H3,(H,19,20). The van der Waals surface area contributed by atoms with Gasteiger partial charge in [0, 0.05) is 18.0 Å². The lowest BCUT2D eigenvalue weighted by Gasteiger charge is -2.10. The van der Waals surface area contributed by atoms with Crippen LogP contribution in [0, 0.1) is 6.92 Å². The molecule has 0 unspecified atom stereocenters. The summed E-state index contributed by atoms with van der Waals surface area (Å²) >= 11 is 7.52. The Morgan fingerprint density at radius 2 is 2.00 bits per heavy atom. The highest BCUT2D eigenvalue weighted by molar-refractivity contribution is 7.09. The van der Waals surface area contributed by atoms with Crippen LogP contribution < -0.4 is 11.2 Å². The van der Waals surface area contributed by atoms with Crippen molar-refractivity contribution in [3.63, 3.8) is 0 Å². The van der Waals surface area contributed by atoms with Crippen LogP contribution in [0.1, 0.15) is 36.8 Å². The molecule has 7 nitrogen and oxygen atoms in total. The lowest BCUT2D eigenvalue weighted by Crippen LogP contribution is -2.40. The monoisotopic (exact) mass is 381 g/mol. The third kappa shape index (κ3) is 3.55. The third-order valence-electron chi connectivity index (χ3n) is 4.20. The number of thiazole rings is 1. The van der Waals surface area contributed by atoms with E-state index in [4.69, 9.17) is 11.6 Å². The van der Waals surface area contributed by atoms with Crippen molar-refractivity contribution in [1.29, 1.82) is 0 Å². The molecule has 0 aliphatic rings. The fraction of sp³-hybridized carbons (Fsp3) is 0.500. The normalized spacial score (nSPS) is 11.5. The largest absolute Gasteiger partial charge is 0.332 e. The van der Waals surface area contributed by atoms with Crippen LogP contribution in [0.3, 0.4) is 0 Å². The Morgan fingerprint density at radius 1 is 1.24 bits per heavy atom. The second-order valence-corrected chi connectivity index (χ2v) is 7.23. The zero-order valence-electron chi connectivity index (χ0n) is 14.2. The molecule has 3 aromatic rings. The van der Waals surface area contributed by atoms with Gasteiger partial charge in [-0.25, -0.2) is 9.78 Å². The Kier molecular flexibility index (Phi) is 5.39. The van der Waals surface area contributed by atoms with E-state index in [-0.39, 0.29) is 22.0 Å². The second-order valence-electron chi connectivity index (χ2n) is 5.94. The molecule has 0 aliphatic heterocycles. The highest BCUT2D eigenvalue weighted by Crippen LogP contribution is 2.15. The van der Waals surface area contributed by atoms with Gasteiger partial charge in [-0.15, -0.1) is 11.3 Å². The van der Waals surface area contributed by atoms with E-state index in [9.17, 15) is 9.59 Å². The van der Waals surface area contributed by atoms with Gasteiger partial charge in [0.05, 0.1) is 11.2 Å². The Morgan fingerprint density at radius 3 is 2.68 bits per heavy atom. The molecule has 0 saturated carbocycles. The number of aromatic amines is 1. The fourth-order valence-electron chi connectivity index (χ4n) is 2.82. The number of imidazole rings is 1. The highest BCUT2D eigenvalue weighted by atomic mass is 35.5. The van der Waals surface area contributed by atoms with E-state index < -0.39 is 0 Å². The van der Waals surface area contributed by atoms with E-state index in [0.717, 1.165) is 25.0 Å². The quantitative estimate of drug-likeness (QED) is 0.637. The summed E-state index contributed by atoms with van der Waals surface area (Å²) in [5, 5.41) is 0.120. The Hall–Kier alpha value is -1.93. The molecular weight excluding hydrogens is 362 g/mol. The smallest absolute Gasteiger partial charge is 0.323 e. The molecule has 0 spiro atoms. The van der Waals surface area contributed by atoms with Crippen LogP contribution in [0.15, 0.2) is 15.1 Å². The first-order chi connectivity index (χ1) is 12.0. The van der Waals surface area contributed by atoms with E-state index >= 15 is 0 Å². The summed E-state index contributed by atoms with van der Waals surface area (Å²) in [6.07, 6.45) is 3.26. The van der Waals surface area contributed by atoms with Gasteiger partial charge in [-0.1, -0.05) is 13.3 Å². The molecule has 25 heavy (non-hydrogen) atoms. The number of fused-ring (bicyclic) bond motifs is 1. The molecule has 3 rings (SSSR count). The van der Waals surface area contributed by atoms with Crippen molar-refractivity contribution in [2.45, 2.75) is 52.6 Å². The van der Waals surface area contributed by atoms with Crippen molar-refractivity contribution >= 4 is 34.1 Å². The van der Waals surface area contributed by atoms with Crippen molar-refractivity contribution in [3.05, 3.63) is 42.2 Å². The molecule has 0 fully saturated rings. The lowest BCUT2D eigenvalue weighted by molar-refractivity contribution is 0.534. The summed E-state index contributed by atoms with van der Waals surface area (Å²) in [6.45, 7) is 4.89. The van der Waals surface area contributed by atoms with Gasteiger partial charge in [0.2, 0.25) is 5.28 Å². The molecule has 134 valence electrons. The van der Waals surface area contributed by atoms with Gasteiger partial charge in [0.25, 0.3) is 5.56 Å². The highest BCUT2D eigenvalue weighted by Gasteiger charge is 2.16. The molecule has 3 aromatic heterocycles. The first-order valence-corrected chi connectivity index (χ1v) is 9.56. The maximum atomic E-state index is 12.8. The van der Waals surface area contributed by atoms with Gasteiger partial charge in [-0.05, 0) is 37.8 Å². The number of hydrogen-bond donors (Lipinski definition) is 1. The summed E-state index contributed by atoms with van der Waals surface area (Å²) in [6, 6.07) is 0. The molecule has 0 aromatic carbocycles. The van der Waals surface area contributed by atoms with Crippen LogP contribution in [0.5, 0.6) is 0 Å². The molecule has 0 aliphatic carbocycles. The van der Waals surface area contributed by atoms with E-state index in [2.05, 4.69) is 15.0 Å². The number of rotatable bonds is 7. The maximum absolute atomic E-state index is 12.8. The summed E-state index contributed by atoms with van der Waals surface area (Å²) in [7, 11) is 0.